The van der Waals surface area contributed by atoms with Crippen molar-refractivity contribution < 1.29 is 14.0 Å². The first-order valence-corrected chi connectivity index (χ1v) is 8.08. The smallest absolute Gasteiger partial charge is 0.271 e. The summed E-state index contributed by atoms with van der Waals surface area (Å²) in [7, 11) is 0. The lowest BCUT2D eigenvalue weighted by Gasteiger charge is -2.06. The van der Waals surface area contributed by atoms with Crippen LogP contribution in [-0.4, -0.2) is 18.0 Å². The van der Waals surface area contributed by atoms with Gasteiger partial charge in [-0.3, -0.25) is 9.59 Å². The van der Waals surface area contributed by atoms with Gasteiger partial charge in [0.15, 0.2) is 0 Å². The van der Waals surface area contributed by atoms with Gasteiger partial charge in [0.25, 0.3) is 5.91 Å². The van der Waals surface area contributed by atoms with E-state index in [1.54, 1.807) is 42.5 Å². The van der Waals surface area contributed by atoms with E-state index >= 15 is 0 Å². The van der Waals surface area contributed by atoms with E-state index in [0.29, 0.717) is 17.7 Å². The molecule has 0 bridgehead atoms. The van der Waals surface area contributed by atoms with Crippen LogP contribution in [0.3, 0.4) is 0 Å². The average Bonchev–Trinajstić information content (AvgIpc) is 2.62. The molecular formula is C19H20FN3O2. The summed E-state index contributed by atoms with van der Waals surface area (Å²) in [5.74, 6) is -0.881. The predicted molar refractivity (Wildman–Crippen MR) is 96.1 cm³/mol. The van der Waals surface area contributed by atoms with Crippen LogP contribution in [0.5, 0.6) is 0 Å². The monoisotopic (exact) mass is 341 g/mol. The maximum Gasteiger partial charge on any atom is 0.271 e. The Balaban J connectivity index is 1.90. The second-order valence-electron chi connectivity index (χ2n) is 5.45. The molecule has 2 amide bonds. The first kappa shape index (κ1) is 18.3. The van der Waals surface area contributed by atoms with E-state index in [1.165, 1.54) is 12.3 Å². The van der Waals surface area contributed by atoms with E-state index in [1.807, 2.05) is 6.92 Å². The fraction of sp³-hybridized carbons (Fsp3) is 0.211. The number of benzene rings is 2. The van der Waals surface area contributed by atoms with Crippen LogP contribution < -0.4 is 10.7 Å². The van der Waals surface area contributed by atoms with Gasteiger partial charge in [-0.25, -0.2) is 9.82 Å². The molecule has 0 aliphatic heterocycles. The molecule has 0 aromatic heterocycles. The molecule has 2 rings (SSSR count). The molecule has 0 heterocycles. The third-order valence-electron chi connectivity index (χ3n) is 3.46. The first-order chi connectivity index (χ1) is 12.1. The van der Waals surface area contributed by atoms with E-state index < -0.39 is 11.7 Å². The zero-order chi connectivity index (χ0) is 18.1. The minimum atomic E-state index is -0.420. The summed E-state index contributed by atoms with van der Waals surface area (Å²) >= 11 is 0. The maximum absolute atomic E-state index is 13.4. The summed E-state index contributed by atoms with van der Waals surface area (Å²) < 4.78 is 13.4. The van der Waals surface area contributed by atoms with Gasteiger partial charge >= 0.3 is 0 Å². The van der Waals surface area contributed by atoms with Gasteiger partial charge in [0.2, 0.25) is 5.91 Å². The van der Waals surface area contributed by atoms with Crippen LogP contribution in [0, 0.1) is 5.82 Å². The van der Waals surface area contributed by atoms with Crippen molar-refractivity contribution in [2.24, 2.45) is 5.10 Å². The zero-order valence-corrected chi connectivity index (χ0v) is 14.0. The van der Waals surface area contributed by atoms with Crippen molar-refractivity contribution in [2.75, 3.05) is 5.32 Å². The first-order valence-electron chi connectivity index (χ1n) is 8.08. The minimum absolute atomic E-state index is 0.0476. The van der Waals surface area contributed by atoms with Crippen molar-refractivity contribution in [3.8, 4) is 0 Å². The van der Waals surface area contributed by atoms with Gasteiger partial charge in [-0.1, -0.05) is 31.5 Å². The van der Waals surface area contributed by atoms with Crippen LogP contribution in [0.2, 0.25) is 0 Å². The molecule has 25 heavy (non-hydrogen) atoms. The highest BCUT2D eigenvalue weighted by Gasteiger charge is 2.06. The van der Waals surface area contributed by atoms with Crippen molar-refractivity contribution in [1.29, 1.82) is 0 Å². The third kappa shape index (κ3) is 5.84. The Bertz CT molecular complexity index is 758. The minimum Gasteiger partial charge on any atom is -0.326 e. The number of carbonyl (C=O) groups excluding carboxylic acids is 2. The molecule has 0 atom stereocenters. The number of rotatable bonds is 7. The number of nitrogens with zero attached hydrogens (tertiary/aromatic N) is 1. The summed E-state index contributed by atoms with van der Waals surface area (Å²) in [6.07, 6.45) is 3.52. The van der Waals surface area contributed by atoms with Gasteiger partial charge < -0.3 is 5.32 Å². The van der Waals surface area contributed by atoms with Crippen LogP contribution in [0.15, 0.2) is 53.6 Å². The number of nitrogens with one attached hydrogen (secondary N) is 2. The number of hydrazone groups is 1. The number of unbranched alkanes of at least 4 members (excludes halogenated alkanes) is 1. The van der Waals surface area contributed by atoms with Crippen molar-refractivity contribution in [3.05, 3.63) is 65.5 Å². The second-order valence-corrected chi connectivity index (χ2v) is 5.45. The molecule has 0 radical (unpaired) electrons. The number of anilines is 1. The number of amides is 2. The van der Waals surface area contributed by atoms with Gasteiger partial charge in [-0.15, -0.1) is 0 Å². The Kier molecular flexibility index (Phi) is 6.83. The van der Waals surface area contributed by atoms with Crippen LogP contribution in [0.4, 0.5) is 10.1 Å². The standard InChI is InChI=1S/C19H20FN3O2/c1-2-3-8-18(24)22-16-11-9-14(10-12-16)19(25)23-21-13-15-6-4-5-7-17(15)20/h4-7,9-13H,2-3,8H2,1H3,(H,22,24)(H,23,25). The van der Waals surface area contributed by atoms with Crippen molar-refractivity contribution in [3.63, 3.8) is 0 Å². The molecule has 0 unspecified atom stereocenters. The number of halogens is 1. The molecule has 5 nitrogen and oxygen atoms in total. The molecule has 0 spiro atoms. The van der Waals surface area contributed by atoms with Crippen LogP contribution in [0.25, 0.3) is 0 Å². The van der Waals surface area contributed by atoms with Crippen LogP contribution in [-0.2, 0) is 4.79 Å². The van der Waals surface area contributed by atoms with Gasteiger partial charge in [0, 0.05) is 23.2 Å². The highest BCUT2D eigenvalue weighted by atomic mass is 19.1. The number of hydrogen-bond donors (Lipinski definition) is 2. The van der Waals surface area contributed by atoms with Gasteiger partial charge in [-0.2, -0.15) is 5.10 Å². The Morgan fingerprint density at radius 3 is 2.52 bits per heavy atom. The molecule has 130 valence electrons. The Hall–Kier alpha value is -3.02. The number of hydrogen-bond acceptors (Lipinski definition) is 3. The summed E-state index contributed by atoms with van der Waals surface area (Å²) in [4.78, 5) is 23.6. The number of carbonyl (C=O) groups is 2. The molecule has 0 aliphatic carbocycles. The quantitative estimate of drug-likeness (QED) is 0.595. The fourth-order valence-electron chi connectivity index (χ4n) is 2.07. The van der Waals surface area contributed by atoms with E-state index in [2.05, 4.69) is 15.8 Å². The Morgan fingerprint density at radius 2 is 1.84 bits per heavy atom. The predicted octanol–water partition coefficient (Wildman–Crippen LogP) is 3.72. The van der Waals surface area contributed by atoms with Crippen molar-refractivity contribution in [2.45, 2.75) is 26.2 Å². The van der Waals surface area contributed by atoms with Crippen LogP contribution >= 0.6 is 0 Å². The van der Waals surface area contributed by atoms with Crippen molar-refractivity contribution in [1.82, 2.24) is 5.43 Å². The SMILES string of the molecule is CCCCC(=O)Nc1ccc(C(=O)NN=Cc2ccccc2F)cc1. The summed E-state index contributed by atoms with van der Waals surface area (Å²) in [6.45, 7) is 2.02. The van der Waals surface area contributed by atoms with E-state index in [4.69, 9.17) is 0 Å². The lowest BCUT2D eigenvalue weighted by Crippen LogP contribution is -2.18. The van der Waals surface area contributed by atoms with Gasteiger partial charge in [0.05, 0.1) is 6.21 Å². The summed E-state index contributed by atoms with van der Waals surface area (Å²) in [6, 6.07) is 12.6. The van der Waals surface area contributed by atoms with Crippen LogP contribution in [0.1, 0.15) is 42.1 Å². The Morgan fingerprint density at radius 1 is 1.12 bits per heavy atom. The third-order valence-corrected chi connectivity index (χ3v) is 3.46. The summed E-state index contributed by atoms with van der Waals surface area (Å²) in [5, 5.41) is 6.52. The molecule has 0 aliphatic rings. The van der Waals surface area contributed by atoms with E-state index in [-0.39, 0.29) is 11.5 Å². The average molecular weight is 341 g/mol. The topological polar surface area (TPSA) is 70.6 Å². The van der Waals surface area contributed by atoms with Gasteiger partial charge in [-0.05, 0) is 36.8 Å². The molecule has 6 heteroatoms. The van der Waals surface area contributed by atoms with E-state index in [0.717, 1.165) is 12.8 Å². The molecular weight excluding hydrogens is 321 g/mol. The molecule has 0 fully saturated rings. The normalized spacial score (nSPS) is 10.6. The zero-order valence-electron chi connectivity index (χ0n) is 14.0. The Labute approximate surface area is 145 Å². The molecule has 0 saturated carbocycles. The molecule has 0 saturated heterocycles. The summed E-state index contributed by atoms with van der Waals surface area (Å²) in [5.41, 5.74) is 3.64. The lowest BCUT2D eigenvalue weighted by atomic mass is 10.2. The van der Waals surface area contributed by atoms with Gasteiger partial charge in [0.1, 0.15) is 5.82 Å². The molecule has 2 N–H and O–H groups in total. The van der Waals surface area contributed by atoms with Crippen molar-refractivity contribution >= 4 is 23.7 Å². The molecule has 2 aromatic carbocycles. The second kappa shape index (κ2) is 9.32. The largest absolute Gasteiger partial charge is 0.326 e. The maximum atomic E-state index is 13.4. The fourth-order valence-corrected chi connectivity index (χ4v) is 2.07. The molecule has 2 aromatic rings. The van der Waals surface area contributed by atoms with E-state index in [9.17, 15) is 14.0 Å². The highest BCUT2D eigenvalue weighted by molar-refractivity contribution is 5.96. The highest BCUT2D eigenvalue weighted by Crippen LogP contribution is 2.11. The lowest BCUT2D eigenvalue weighted by molar-refractivity contribution is -0.116.